The second kappa shape index (κ2) is 8.25. The van der Waals surface area contributed by atoms with Crippen LogP contribution < -0.4 is 14.8 Å². The van der Waals surface area contributed by atoms with Crippen LogP contribution in [0.15, 0.2) is 24.3 Å². The molecule has 1 saturated carbocycles. The molecule has 1 aliphatic carbocycles. The Kier molecular flexibility index (Phi) is 6.33. The first-order valence-electron chi connectivity index (χ1n) is 7.74. The molecule has 1 N–H and O–H groups in total. The molecule has 0 saturated heterocycles. The van der Waals surface area contributed by atoms with Gasteiger partial charge in [-0.3, -0.25) is 0 Å². The minimum absolute atomic E-state index is 0.431. The van der Waals surface area contributed by atoms with Crippen LogP contribution in [0.2, 0.25) is 0 Å². The monoisotopic (exact) mass is 293 g/mol. The van der Waals surface area contributed by atoms with Gasteiger partial charge in [-0.25, -0.2) is 0 Å². The van der Waals surface area contributed by atoms with Crippen LogP contribution >= 0.6 is 0 Å². The number of hydrogen-bond donors (Lipinski definition) is 1. The number of rotatable bonds is 10. The van der Waals surface area contributed by atoms with Gasteiger partial charge in [-0.1, -0.05) is 6.42 Å². The molecular formula is C17H27NO3. The topological polar surface area (TPSA) is 39.7 Å². The number of benzene rings is 1. The summed E-state index contributed by atoms with van der Waals surface area (Å²) < 4.78 is 16.1. The summed E-state index contributed by atoms with van der Waals surface area (Å²) in [5.74, 6) is 1.78. The van der Waals surface area contributed by atoms with Crippen molar-refractivity contribution < 1.29 is 14.2 Å². The number of hydrogen-bond acceptors (Lipinski definition) is 4. The molecule has 118 valence electrons. The standard InChI is InChI=1S/C17H27NO3/c1-19-13-11-18-14-17(8-3-9-17)10-12-21-16-6-4-15(20-2)5-7-16/h4-7,18H,3,8-14H2,1-2H3. The first-order valence-corrected chi connectivity index (χ1v) is 7.74. The van der Waals surface area contributed by atoms with E-state index in [1.165, 1.54) is 19.3 Å². The van der Waals surface area contributed by atoms with E-state index in [2.05, 4.69) is 5.32 Å². The van der Waals surface area contributed by atoms with E-state index in [0.717, 1.165) is 44.2 Å². The molecule has 0 aromatic heterocycles. The average Bonchev–Trinajstić information content (AvgIpc) is 2.49. The maximum absolute atomic E-state index is 5.86. The van der Waals surface area contributed by atoms with Gasteiger partial charge < -0.3 is 19.5 Å². The second-order valence-corrected chi connectivity index (χ2v) is 5.80. The molecule has 0 radical (unpaired) electrons. The van der Waals surface area contributed by atoms with Gasteiger partial charge in [0.1, 0.15) is 11.5 Å². The Balaban J connectivity index is 1.69. The van der Waals surface area contributed by atoms with E-state index >= 15 is 0 Å². The van der Waals surface area contributed by atoms with E-state index in [9.17, 15) is 0 Å². The zero-order valence-corrected chi connectivity index (χ0v) is 13.2. The van der Waals surface area contributed by atoms with E-state index < -0.39 is 0 Å². The van der Waals surface area contributed by atoms with E-state index in [-0.39, 0.29) is 0 Å². The van der Waals surface area contributed by atoms with Crippen molar-refractivity contribution >= 4 is 0 Å². The van der Waals surface area contributed by atoms with E-state index in [1.807, 2.05) is 24.3 Å². The quantitative estimate of drug-likeness (QED) is 0.673. The fraction of sp³-hybridized carbons (Fsp3) is 0.647. The first kappa shape index (κ1) is 16.1. The van der Waals surface area contributed by atoms with Crippen LogP contribution in [0.25, 0.3) is 0 Å². The summed E-state index contributed by atoms with van der Waals surface area (Å²) >= 11 is 0. The third kappa shape index (κ3) is 4.90. The summed E-state index contributed by atoms with van der Waals surface area (Å²) in [4.78, 5) is 0. The largest absolute Gasteiger partial charge is 0.497 e. The smallest absolute Gasteiger partial charge is 0.119 e. The van der Waals surface area contributed by atoms with Gasteiger partial charge in [-0.2, -0.15) is 0 Å². The Labute approximate surface area is 127 Å². The molecule has 1 aromatic carbocycles. The molecule has 1 fully saturated rings. The maximum atomic E-state index is 5.86. The Morgan fingerprint density at radius 3 is 2.33 bits per heavy atom. The predicted octanol–water partition coefficient (Wildman–Crippen LogP) is 2.87. The van der Waals surface area contributed by atoms with Gasteiger partial charge >= 0.3 is 0 Å². The van der Waals surface area contributed by atoms with Gasteiger partial charge in [0.2, 0.25) is 0 Å². The van der Waals surface area contributed by atoms with Crippen LogP contribution in [0.1, 0.15) is 25.7 Å². The third-order valence-corrected chi connectivity index (χ3v) is 4.36. The van der Waals surface area contributed by atoms with Gasteiger partial charge in [0, 0.05) is 20.2 Å². The molecule has 0 amide bonds. The highest BCUT2D eigenvalue weighted by Gasteiger charge is 2.36. The third-order valence-electron chi connectivity index (χ3n) is 4.36. The molecule has 4 nitrogen and oxygen atoms in total. The normalized spacial score (nSPS) is 16.3. The minimum atomic E-state index is 0.431. The lowest BCUT2D eigenvalue weighted by atomic mass is 9.67. The summed E-state index contributed by atoms with van der Waals surface area (Å²) in [6, 6.07) is 7.79. The Morgan fingerprint density at radius 2 is 1.76 bits per heavy atom. The van der Waals surface area contributed by atoms with Crippen LogP contribution in [0.3, 0.4) is 0 Å². The van der Waals surface area contributed by atoms with Crippen LogP contribution in [-0.4, -0.2) is 40.5 Å². The van der Waals surface area contributed by atoms with Crippen LogP contribution in [0, 0.1) is 5.41 Å². The highest BCUT2D eigenvalue weighted by molar-refractivity contribution is 5.31. The number of nitrogens with one attached hydrogen (secondary N) is 1. The van der Waals surface area contributed by atoms with Gasteiger partial charge in [0.05, 0.1) is 20.3 Å². The lowest BCUT2D eigenvalue weighted by molar-refractivity contribution is 0.0886. The Hall–Kier alpha value is -1.26. The predicted molar refractivity (Wildman–Crippen MR) is 84.1 cm³/mol. The van der Waals surface area contributed by atoms with Crippen molar-refractivity contribution in [1.29, 1.82) is 0 Å². The summed E-state index contributed by atoms with van der Waals surface area (Å²) in [6.07, 6.45) is 5.06. The minimum Gasteiger partial charge on any atom is -0.497 e. The summed E-state index contributed by atoms with van der Waals surface area (Å²) in [5, 5.41) is 3.50. The SMILES string of the molecule is COCCNCC1(CCOc2ccc(OC)cc2)CCC1. The Bertz CT molecular complexity index is 401. The molecule has 0 unspecified atom stereocenters. The molecule has 4 heteroatoms. The Morgan fingerprint density at radius 1 is 1.05 bits per heavy atom. The molecule has 21 heavy (non-hydrogen) atoms. The maximum Gasteiger partial charge on any atom is 0.119 e. The van der Waals surface area contributed by atoms with Crippen LogP contribution in [0.4, 0.5) is 0 Å². The molecule has 0 atom stereocenters. The number of methoxy groups -OCH3 is 2. The number of ether oxygens (including phenoxy) is 3. The van der Waals surface area contributed by atoms with Crippen molar-refractivity contribution in [3.63, 3.8) is 0 Å². The van der Waals surface area contributed by atoms with Crippen molar-refractivity contribution in [1.82, 2.24) is 5.32 Å². The molecular weight excluding hydrogens is 266 g/mol. The lowest BCUT2D eigenvalue weighted by Gasteiger charge is -2.42. The van der Waals surface area contributed by atoms with E-state index in [0.29, 0.717) is 5.41 Å². The second-order valence-electron chi connectivity index (χ2n) is 5.80. The lowest BCUT2D eigenvalue weighted by Crippen LogP contribution is -2.41. The molecule has 2 rings (SSSR count). The fourth-order valence-corrected chi connectivity index (χ4v) is 2.78. The van der Waals surface area contributed by atoms with Crippen LogP contribution in [-0.2, 0) is 4.74 Å². The molecule has 0 spiro atoms. The van der Waals surface area contributed by atoms with E-state index in [4.69, 9.17) is 14.2 Å². The summed E-state index contributed by atoms with van der Waals surface area (Å²) in [7, 11) is 3.41. The van der Waals surface area contributed by atoms with Crippen molar-refractivity contribution in [2.24, 2.45) is 5.41 Å². The molecule has 0 heterocycles. The van der Waals surface area contributed by atoms with Gasteiger partial charge in [-0.15, -0.1) is 0 Å². The van der Waals surface area contributed by atoms with Gasteiger partial charge in [-0.05, 0) is 48.9 Å². The van der Waals surface area contributed by atoms with Crippen molar-refractivity contribution in [2.45, 2.75) is 25.7 Å². The molecule has 1 aromatic rings. The van der Waals surface area contributed by atoms with Gasteiger partial charge in [0.15, 0.2) is 0 Å². The van der Waals surface area contributed by atoms with Crippen molar-refractivity contribution in [3.05, 3.63) is 24.3 Å². The van der Waals surface area contributed by atoms with E-state index in [1.54, 1.807) is 14.2 Å². The molecule has 1 aliphatic rings. The summed E-state index contributed by atoms with van der Waals surface area (Å²) in [6.45, 7) is 3.55. The molecule has 0 aliphatic heterocycles. The first-order chi connectivity index (χ1) is 10.3. The zero-order valence-electron chi connectivity index (χ0n) is 13.2. The van der Waals surface area contributed by atoms with Crippen LogP contribution in [0.5, 0.6) is 11.5 Å². The molecule has 0 bridgehead atoms. The fourth-order valence-electron chi connectivity index (χ4n) is 2.78. The average molecular weight is 293 g/mol. The summed E-state index contributed by atoms with van der Waals surface area (Å²) in [5.41, 5.74) is 0.431. The van der Waals surface area contributed by atoms with Crippen molar-refractivity contribution in [3.8, 4) is 11.5 Å². The highest BCUT2D eigenvalue weighted by atomic mass is 16.5. The van der Waals surface area contributed by atoms with Crippen molar-refractivity contribution in [2.75, 3.05) is 40.5 Å². The highest BCUT2D eigenvalue weighted by Crippen LogP contribution is 2.43. The zero-order chi connectivity index (χ0) is 15.0. The van der Waals surface area contributed by atoms with Gasteiger partial charge in [0.25, 0.3) is 0 Å².